The van der Waals surface area contributed by atoms with Crippen LogP contribution in [0.4, 0.5) is 0 Å². The molecule has 1 aliphatic rings. The Morgan fingerprint density at radius 2 is 1.87 bits per heavy atom. The average Bonchev–Trinajstić information content (AvgIpc) is 2.53. The van der Waals surface area contributed by atoms with Crippen molar-refractivity contribution >= 4 is 5.91 Å². The second-order valence-electron chi connectivity index (χ2n) is 3.83. The molecule has 0 aliphatic carbocycles. The smallest absolute Gasteiger partial charge is 0.311 e. The van der Waals surface area contributed by atoms with Gasteiger partial charge in [-0.2, -0.15) is 0 Å². The number of hydrogen-bond donors (Lipinski definition) is 0. The first kappa shape index (κ1) is 10.1. The molecule has 1 amide bonds. The molecule has 0 aromatic carbocycles. The van der Waals surface area contributed by atoms with E-state index in [1.807, 2.05) is 0 Å². The highest BCUT2D eigenvalue weighted by molar-refractivity contribution is 5.89. The van der Waals surface area contributed by atoms with Crippen molar-refractivity contribution in [1.29, 1.82) is 0 Å². The summed E-state index contributed by atoms with van der Waals surface area (Å²) in [4.78, 5) is 13.7. The van der Waals surface area contributed by atoms with E-state index in [-0.39, 0.29) is 11.8 Å². The third-order valence-electron chi connectivity index (χ3n) is 2.60. The minimum Gasteiger partial charge on any atom is -0.417 e. The van der Waals surface area contributed by atoms with E-state index in [0.717, 1.165) is 25.9 Å². The highest BCUT2D eigenvalue weighted by Gasteiger charge is 2.21. The predicted octanol–water partition coefficient (Wildman–Crippen LogP) is 1.39. The van der Waals surface area contributed by atoms with Gasteiger partial charge in [0.1, 0.15) is 0 Å². The number of hydrogen-bond acceptors (Lipinski definition) is 4. The normalized spacial score (nSPS) is 17.5. The zero-order chi connectivity index (χ0) is 10.7. The number of rotatable bonds is 1. The number of likely N-dealkylation sites (tertiary alicyclic amines) is 1. The zero-order valence-electron chi connectivity index (χ0n) is 8.90. The summed E-state index contributed by atoms with van der Waals surface area (Å²) in [6, 6.07) is 0. The van der Waals surface area contributed by atoms with E-state index < -0.39 is 0 Å². The Morgan fingerprint density at radius 3 is 2.40 bits per heavy atom. The fourth-order valence-corrected chi connectivity index (χ4v) is 1.79. The first-order valence-electron chi connectivity index (χ1n) is 5.37. The van der Waals surface area contributed by atoms with Crippen LogP contribution in [0.15, 0.2) is 4.42 Å². The Balaban J connectivity index is 2.06. The van der Waals surface area contributed by atoms with Gasteiger partial charge in [0.15, 0.2) is 0 Å². The molecular formula is C10H15N3O2. The van der Waals surface area contributed by atoms with Crippen LogP contribution in [0.25, 0.3) is 0 Å². The summed E-state index contributed by atoms with van der Waals surface area (Å²) in [5.41, 5.74) is 0. The van der Waals surface area contributed by atoms with Crippen LogP contribution >= 0.6 is 0 Å². The number of carbonyl (C=O) groups excluding carboxylic acids is 1. The number of aryl methyl sites for hydroxylation is 1. The minimum absolute atomic E-state index is 0.120. The van der Waals surface area contributed by atoms with Gasteiger partial charge in [0.05, 0.1) is 0 Å². The van der Waals surface area contributed by atoms with Crippen LogP contribution in [0, 0.1) is 6.92 Å². The molecule has 1 aromatic rings. The number of aromatic nitrogens is 2. The maximum Gasteiger partial charge on any atom is 0.311 e. The van der Waals surface area contributed by atoms with Gasteiger partial charge in [-0.05, 0) is 12.8 Å². The lowest BCUT2D eigenvalue weighted by atomic mass is 10.2. The molecule has 0 radical (unpaired) electrons. The lowest BCUT2D eigenvalue weighted by molar-refractivity contribution is 0.0720. The van der Waals surface area contributed by atoms with Gasteiger partial charge in [-0.1, -0.05) is 12.8 Å². The van der Waals surface area contributed by atoms with Gasteiger partial charge in [-0.15, -0.1) is 10.2 Å². The Labute approximate surface area is 88.5 Å². The highest BCUT2D eigenvalue weighted by atomic mass is 16.4. The van der Waals surface area contributed by atoms with Crippen molar-refractivity contribution < 1.29 is 9.21 Å². The van der Waals surface area contributed by atoms with Crippen LogP contribution in [0.5, 0.6) is 0 Å². The summed E-state index contributed by atoms with van der Waals surface area (Å²) in [6.07, 6.45) is 4.54. The molecule has 0 bridgehead atoms. The molecule has 5 heteroatoms. The minimum atomic E-state index is -0.127. The molecule has 0 saturated carbocycles. The topological polar surface area (TPSA) is 59.2 Å². The molecule has 1 fully saturated rings. The van der Waals surface area contributed by atoms with Crippen molar-refractivity contribution in [2.75, 3.05) is 13.1 Å². The summed E-state index contributed by atoms with van der Waals surface area (Å²) in [6.45, 7) is 3.30. The summed E-state index contributed by atoms with van der Waals surface area (Å²) >= 11 is 0. The first-order valence-corrected chi connectivity index (χ1v) is 5.37. The molecule has 5 nitrogen and oxygen atoms in total. The second-order valence-corrected chi connectivity index (χ2v) is 3.83. The molecule has 15 heavy (non-hydrogen) atoms. The molecule has 0 unspecified atom stereocenters. The Bertz CT molecular complexity index is 340. The number of amides is 1. The van der Waals surface area contributed by atoms with Gasteiger partial charge in [0.25, 0.3) is 0 Å². The van der Waals surface area contributed by atoms with Crippen LogP contribution in [-0.2, 0) is 0 Å². The van der Waals surface area contributed by atoms with Crippen LogP contribution < -0.4 is 0 Å². The highest BCUT2D eigenvalue weighted by Crippen LogP contribution is 2.12. The third-order valence-corrected chi connectivity index (χ3v) is 2.60. The summed E-state index contributed by atoms with van der Waals surface area (Å²) < 4.78 is 5.13. The third kappa shape index (κ3) is 2.34. The quantitative estimate of drug-likeness (QED) is 0.701. The SMILES string of the molecule is Cc1nnc(C(=O)N2CCCCCC2)o1. The van der Waals surface area contributed by atoms with Crippen molar-refractivity contribution in [3.63, 3.8) is 0 Å². The Morgan fingerprint density at radius 1 is 1.20 bits per heavy atom. The monoisotopic (exact) mass is 209 g/mol. The van der Waals surface area contributed by atoms with Crippen molar-refractivity contribution in [2.45, 2.75) is 32.6 Å². The fourth-order valence-electron chi connectivity index (χ4n) is 1.79. The van der Waals surface area contributed by atoms with Crippen molar-refractivity contribution in [3.05, 3.63) is 11.8 Å². The van der Waals surface area contributed by atoms with E-state index in [0.29, 0.717) is 5.89 Å². The van der Waals surface area contributed by atoms with Gasteiger partial charge in [-0.25, -0.2) is 0 Å². The number of carbonyl (C=O) groups is 1. The fraction of sp³-hybridized carbons (Fsp3) is 0.700. The molecular weight excluding hydrogens is 194 g/mol. The summed E-state index contributed by atoms with van der Waals surface area (Å²) in [5, 5.41) is 7.41. The van der Waals surface area contributed by atoms with Crippen LogP contribution in [0.3, 0.4) is 0 Å². The van der Waals surface area contributed by atoms with E-state index in [4.69, 9.17) is 4.42 Å². The predicted molar refractivity (Wildman–Crippen MR) is 53.4 cm³/mol. The van der Waals surface area contributed by atoms with E-state index in [1.54, 1.807) is 11.8 Å². The molecule has 0 atom stereocenters. The molecule has 82 valence electrons. The standard InChI is InChI=1S/C10H15N3O2/c1-8-11-12-9(15-8)10(14)13-6-4-2-3-5-7-13/h2-7H2,1H3. The lowest BCUT2D eigenvalue weighted by Gasteiger charge is -2.17. The molecule has 0 spiro atoms. The van der Waals surface area contributed by atoms with E-state index in [1.165, 1.54) is 12.8 Å². The van der Waals surface area contributed by atoms with Gasteiger partial charge in [0, 0.05) is 20.0 Å². The van der Waals surface area contributed by atoms with Crippen molar-refractivity contribution in [1.82, 2.24) is 15.1 Å². The molecule has 2 rings (SSSR count). The summed E-state index contributed by atoms with van der Waals surface area (Å²) in [5.74, 6) is 0.431. The first-order chi connectivity index (χ1) is 7.27. The molecule has 0 N–H and O–H groups in total. The number of nitrogens with zero attached hydrogens (tertiary/aromatic N) is 3. The van der Waals surface area contributed by atoms with Crippen LogP contribution in [0.1, 0.15) is 42.3 Å². The van der Waals surface area contributed by atoms with E-state index >= 15 is 0 Å². The van der Waals surface area contributed by atoms with Gasteiger partial charge in [-0.3, -0.25) is 4.79 Å². The van der Waals surface area contributed by atoms with Crippen LogP contribution in [0.2, 0.25) is 0 Å². The van der Waals surface area contributed by atoms with Crippen molar-refractivity contribution in [2.24, 2.45) is 0 Å². The zero-order valence-corrected chi connectivity index (χ0v) is 8.90. The van der Waals surface area contributed by atoms with Crippen LogP contribution in [-0.4, -0.2) is 34.1 Å². The molecule has 2 heterocycles. The molecule has 1 aliphatic heterocycles. The largest absolute Gasteiger partial charge is 0.417 e. The van der Waals surface area contributed by atoms with E-state index in [9.17, 15) is 4.79 Å². The maximum atomic E-state index is 11.9. The van der Waals surface area contributed by atoms with Gasteiger partial charge >= 0.3 is 11.8 Å². The summed E-state index contributed by atoms with van der Waals surface area (Å²) in [7, 11) is 0. The van der Waals surface area contributed by atoms with Gasteiger partial charge < -0.3 is 9.32 Å². The lowest BCUT2D eigenvalue weighted by Crippen LogP contribution is -2.32. The molecule has 1 saturated heterocycles. The van der Waals surface area contributed by atoms with Gasteiger partial charge in [0.2, 0.25) is 5.89 Å². The average molecular weight is 209 g/mol. The van der Waals surface area contributed by atoms with Crippen molar-refractivity contribution in [3.8, 4) is 0 Å². The second kappa shape index (κ2) is 4.42. The maximum absolute atomic E-state index is 11.9. The van der Waals surface area contributed by atoms with E-state index in [2.05, 4.69) is 10.2 Å². The Kier molecular flexibility index (Phi) is 2.99. The Hall–Kier alpha value is -1.39. The molecule has 1 aromatic heterocycles.